The molecule has 136 valence electrons. The van der Waals surface area contributed by atoms with Crippen molar-refractivity contribution in [1.29, 1.82) is 0 Å². The number of nitrogens with one attached hydrogen (secondary N) is 2. The fraction of sp³-hybridized carbons (Fsp3) is 0.579. The minimum Gasteiger partial charge on any atom is -0.344 e. The average Bonchev–Trinajstić information content (AvgIpc) is 3.16. The molecule has 2 atom stereocenters. The predicted octanol–water partition coefficient (Wildman–Crippen LogP) is 2.51. The molecule has 2 amide bonds. The van der Waals surface area contributed by atoms with Crippen LogP contribution in [-0.4, -0.2) is 42.4 Å². The Morgan fingerprint density at radius 2 is 2.00 bits per heavy atom. The average molecular weight is 364 g/mol. The van der Waals surface area contributed by atoms with E-state index in [4.69, 9.17) is 11.6 Å². The van der Waals surface area contributed by atoms with Crippen LogP contribution in [0.4, 0.5) is 0 Å². The molecule has 1 heterocycles. The van der Waals surface area contributed by atoms with Gasteiger partial charge >= 0.3 is 0 Å². The van der Waals surface area contributed by atoms with Gasteiger partial charge in [0.05, 0.1) is 6.04 Å². The van der Waals surface area contributed by atoms with Gasteiger partial charge in [-0.25, -0.2) is 0 Å². The zero-order valence-corrected chi connectivity index (χ0v) is 15.4. The zero-order valence-electron chi connectivity index (χ0n) is 14.6. The number of hydrogen-bond donors (Lipinski definition) is 2. The van der Waals surface area contributed by atoms with E-state index in [2.05, 4.69) is 10.6 Å². The summed E-state index contributed by atoms with van der Waals surface area (Å²) in [5.74, 6) is 0.0400. The van der Waals surface area contributed by atoms with Crippen molar-refractivity contribution in [3.63, 3.8) is 0 Å². The number of amides is 2. The highest BCUT2D eigenvalue weighted by Crippen LogP contribution is 2.29. The molecule has 25 heavy (non-hydrogen) atoms. The summed E-state index contributed by atoms with van der Waals surface area (Å²) in [6.45, 7) is 3.80. The molecule has 3 rings (SSSR count). The highest BCUT2D eigenvalue weighted by molar-refractivity contribution is 6.31. The van der Waals surface area contributed by atoms with Crippen LogP contribution in [0.25, 0.3) is 0 Å². The molecular weight excluding hydrogens is 338 g/mol. The van der Waals surface area contributed by atoms with Crippen molar-refractivity contribution in [3.8, 4) is 0 Å². The van der Waals surface area contributed by atoms with Crippen LogP contribution in [0.3, 0.4) is 0 Å². The lowest BCUT2D eigenvalue weighted by Gasteiger charge is -2.38. The Morgan fingerprint density at radius 3 is 2.72 bits per heavy atom. The van der Waals surface area contributed by atoms with E-state index >= 15 is 0 Å². The minimum atomic E-state index is -0.517. The highest BCUT2D eigenvalue weighted by atomic mass is 35.5. The van der Waals surface area contributed by atoms with E-state index in [-0.39, 0.29) is 23.8 Å². The van der Waals surface area contributed by atoms with Gasteiger partial charge in [0.25, 0.3) is 0 Å². The van der Waals surface area contributed by atoms with Crippen molar-refractivity contribution in [2.45, 2.75) is 44.7 Å². The van der Waals surface area contributed by atoms with Crippen molar-refractivity contribution < 1.29 is 9.59 Å². The van der Waals surface area contributed by atoms with E-state index in [1.807, 2.05) is 29.2 Å². The van der Waals surface area contributed by atoms with Gasteiger partial charge in [0.2, 0.25) is 11.8 Å². The first-order chi connectivity index (χ1) is 12.1. The third-order valence-corrected chi connectivity index (χ3v) is 5.59. The molecule has 5 nitrogen and oxygen atoms in total. The molecule has 2 fully saturated rings. The molecule has 0 radical (unpaired) electrons. The number of halogens is 1. The molecule has 6 heteroatoms. The number of piperazine rings is 1. The Labute approximate surface area is 154 Å². The first-order valence-corrected chi connectivity index (χ1v) is 9.51. The highest BCUT2D eigenvalue weighted by Gasteiger charge is 2.33. The quantitative estimate of drug-likeness (QED) is 0.864. The Bertz CT molecular complexity index is 631. The number of rotatable bonds is 4. The second kappa shape index (κ2) is 8.19. The van der Waals surface area contributed by atoms with Crippen LogP contribution in [0, 0.1) is 5.92 Å². The maximum atomic E-state index is 13.0. The van der Waals surface area contributed by atoms with Gasteiger partial charge in [0, 0.05) is 30.6 Å². The molecule has 1 saturated heterocycles. The first-order valence-electron chi connectivity index (χ1n) is 9.14. The van der Waals surface area contributed by atoms with E-state index in [1.165, 1.54) is 0 Å². The molecule has 1 aliphatic carbocycles. The number of carbonyl (C=O) groups excluding carboxylic acids is 2. The standard InChI is InChI=1S/C19H26ClN3O2/c1-13(22-18(24)14-6-2-3-7-14)19(25)23-11-10-21-12-17(23)15-8-4-5-9-16(15)20/h4-5,8-9,13-14,17,21H,2-3,6-7,10-12H2,1H3,(H,22,24). The SMILES string of the molecule is CC(NC(=O)C1CCCC1)C(=O)N1CCNCC1c1ccccc1Cl. The van der Waals surface area contributed by atoms with Crippen molar-refractivity contribution in [2.24, 2.45) is 5.92 Å². The van der Waals surface area contributed by atoms with Gasteiger partial charge in [-0.05, 0) is 31.4 Å². The molecule has 0 aromatic heterocycles. The summed E-state index contributed by atoms with van der Waals surface area (Å²) in [6, 6.07) is 7.00. The summed E-state index contributed by atoms with van der Waals surface area (Å²) >= 11 is 6.34. The van der Waals surface area contributed by atoms with Crippen LogP contribution >= 0.6 is 11.6 Å². The predicted molar refractivity (Wildman–Crippen MR) is 98.3 cm³/mol. The molecule has 1 aliphatic heterocycles. The summed E-state index contributed by atoms with van der Waals surface area (Å²) in [7, 11) is 0. The summed E-state index contributed by atoms with van der Waals surface area (Å²) in [6.07, 6.45) is 4.07. The van der Waals surface area contributed by atoms with Crippen molar-refractivity contribution in [3.05, 3.63) is 34.9 Å². The second-order valence-electron chi connectivity index (χ2n) is 6.98. The normalized spacial score (nSPS) is 22.6. The van der Waals surface area contributed by atoms with Gasteiger partial charge in [-0.3, -0.25) is 9.59 Å². The summed E-state index contributed by atoms with van der Waals surface area (Å²) < 4.78 is 0. The van der Waals surface area contributed by atoms with Gasteiger partial charge in [0.15, 0.2) is 0 Å². The minimum absolute atomic E-state index is 0.0165. The van der Waals surface area contributed by atoms with Crippen molar-refractivity contribution >= 4 is 23.4 Å². The van der Waals surface area contributed by atoms with Crippen LogP contribution in [0.5, 0.6) is 0 Å². The van der Waals surface area contributed by atoms with E-state index in [0.717, 1.165) is 37.8 Å². The first kappa shape index (κ1) is 18.2. The number of nitrogens with zero attached hydrogens (tertiary/aromatic N) is 1. The van der Waals surface area contributed by atoms with Gasteiger partial charge in [-0.15, -0.1) is 0 Å². The second-order valence-corrected chi connectivity index (χ2v) is 7.39. The fourth-order valence-electron chi connectivity index (χ4n) is 3.82. The maximum Gasteiger partial charge on any atom is 0.245 e. The van der Waals surface area contributed by atoms with E-state index in [9.17, 15) is 9.59 Å². The van der Waals surface area contributed by atoms with Gasteiger partial charge in [-0.2, -0.15) is 0 Å². The van der Waals surface area contributed by atoms with Crippen molar-refractivity contribution in [1.82, 2.24) is 15.5 Å². The summed E-state index contributed by atoms with van der Waals surface area (Å²) in [5.41, 5.74) is 0.944. The van der Waals surface area contributed by atoms with Crippen LogP contribution in [0.15, 0.2) is 24.3 Å². The number of carbonyl (C=O) groups is 2. The van der Waals surface area contributed by atoms with Gasteiger partial charge < -0.3 is 15.5 Å². The summed E-state index contributed by atoms with van der Waals surface area (Å²) in [5, 5.41) is 6.92. The Kier molecular flexibility index (Phi) is 5.97. The van der Waals surface area contributed by atoms with E-state index < -0.39 is 6.04 Å². The smallest absolute Gasteiger partial charge is 0.245 e. The number of benzene rings is 1. The summed E-state index contributed by atoms with van der Waals surface area (Å²) in [4.78, 5) is 27.2. The molecule has 1 aromatic rings. The third kappa shape index (κ3) is 4.15. The molecule has 1 saturated carbocycles. The van der Waals surface area contributed by atoms with Gasteiger partial charge in [-0.1, -0.05) is 42.6 Å². The lowest BCUT2D eigenvalue weighted by molar-refractivity contribution is -0.139. The third-order valence-electron chi connectivity index (χ3n) is 5.25. The van der Waals surface area contributed by atoms with Gasteiger partial charge in [0.1, 0.15) is 6.04 Å². The number of hydrogen-bond acceptors (Lipinski definition) is 3. The van der Waals surface area contributed by atoms with Crippen molar-refractivity contribution in [2.75, 3.05) is 19.6 Å². The molecule has 2 unspecified atom stereocenters. The fourth-order valence-corrected chi connectivity index (χ4v) is 4.08. The Hall–Kier alpha value is -1.59. The maximum absolute atomic E-state index is 13.0. The van der Waals surface area contributed by atoms with Crippen LogP contribution in [0.2, 0.25) is 5.02 Å². The lowest BCUT2D eigenvalue weighted by Crippen LogP contribution is -2.55. The van der Waals surface area contributed by atoms with E-state index in [1.54, 1.807) is 6.92 Å². The largest absolute Gasteiger partial charge is 0.344 e. The molecule has 0 bridgehead atoms. The molecular formula is C19H26ClN3O2. The Morgan fingerprint density at radius 1 is 1.28 bits per heavy atom. The monoisotopic (exact) mass is 363 g/mol. The molecule has 1 aromatic carbocycles. The van der Waals surface area contributed by atoms with E-state index in [0.29, 0.717) is 18.1 Å². The molecule has 2 aliphatic rings. The molecule has 2 N–H and O–H groups in total. The zero-order chi connectivity index (χ0) is 17.8. The van der Waals surface area contributed by atoms with Crippen LogP contribution < -0.4 is 10.6 Å². The topological polar surface area (TPSA) is 61.4 Å². The van der Waals surface area contributed by atoms with Crippen LogP contribution in [-0.2, 0) is 9.59 Å². The lowest BCUT2D eigenvalue weighted by atomic mass is 10.0. The Balaban J connectivity index is 1.70. The van der Waals surface area contributed by atoms with Crippen LogP contribution in [0.1, 0.15) is 44.2 Å². The molecule has 0 spiro atoms.